The van der Waals surface area contributed by atoms with Crippen LogP contribution in [0, 0.1) is 0 Å². The standard InChI is InChI=1S/C6H12/c1-3-5-6-4-2/h5-6H,3-4H2,1-2H3/b6-5-/i3D,4D/t3-,4-/m1/s1. The maximum Gasteiger partial charge on any atom is 0.0307 e. The molecular weight excluding hydrogens is 72.1 g/mol. The molecule has 0 saturated carbocycles. The molecular formula is C6H12. The highest BCUT2D eigenvalue weighted by Crippen LogP contribution is 1.81. The lowest BCUT2D eigenvalue weighted by molar-refractivity contribution is 1.16. The van der Waals surface area contributed by atoms with Gasteiger partial charge < -0.3 is 0 Å². The molecule has 0 rings (SSSR count). The first kappa shape index (κ1) is 2.84. The van der Waals surface area contributed by atoms with Crippen LogP contribution in [0.1, 0.15) is 29.4 Å². The van der Waals surface area contributed by atoms with E-state index in [4.69, 9.17) is 2.74 Å². The summed E-state index contributed by atoms with van der Waals surface area (Å²) in [6.45, 7) is 3.55. The van der Waals surface area contributed by atoms with Gasteiger partial charge in [-0.2, -0.15) is 0 Å². The van der Waals surface area contributed by atoms with Crippen LogP contribution in [0.3, 0.4) is 0 Å². The molecule has 0 fully saturated rings. The van der Waals surface area contributed by atoms with Gasteiger partial charge in [0, 0.05) is 2.74 Å². The predicted octanol–water partition coefficient (Wildman–Crippen LogP) is 2.36. The third-order valence-electron chi connectivity index (χ3n) is 0.496. The van der Waals surface area contributed by atoms with E-state index in [0.29, 0.717) is 0 Å². The summed E-state index contributed by atoms with van der Waals surface area (Å²) in [5.74, 6) is 0. The summed E-state index contributed by atoms with van der Waals surface area (Å²) >= 11 is 0. The smallest absolute Gasteiger partial charge is 0.0307 e. The first-order valence-corrected chi connectivity index (χ1v) is 2.15. The summed E-state index contributed by atoms with van der Waals surface area (Å²) in [5, 5.41) is 0. The molecule has 0 saturated heterocycles. The Morgan fingerprint density at radius 2 is 1.67 bits per heavy atom. The Morgan fingerprint density at radius 3 is 1.83 bits per heavy atom. The zero-order valence-electron chi connectivity index (χ0n) is 6.31. The zero-order chi connectivity index (χ0) is 6.57. The fraction of sp³-hybridized carbons (Fsp3) is 0.667. The van der Waals surface area contributed by atoms with Gasteiger partial charge in [0.1, 0.15) is 0 Å². The third kappa shape index (κ3) is 3.74. The van der Waals surface area contributed by atoms with E-state index >= 15 is 0 Å². The molecule has 0 radical (unpaired) electrons. The van der Waals surface area contributed by atoms with Crippen molar-refractivity contribution in [1.29, 1.82) is 0 Å². The molecule has 0 spiro atoms. The molecule has 0 aromatic heterocycles. The number of hydrogen-bond acceptors (Lipinski definition) is 0. The minimum absolute atomic E-state index is 0.164. The van der Waals surface area contributed by atoms with Crippen LogP contribution in [-0.4, -0.2) is 0 Å². The lowest BCUT2D eigenvalue weighted by Gasteiger charge is -1.72. The van der Waals surface area contributed by atoms with E-state index in [2.05, 4.69) is 0 Å². The molecule has 0 N–H and O–H groups in total. The van der Waals surface area contributed by atoms with Gasteiger partial charge in [-0.15, -0.1) is 0 Å². The molecule has 0 bridgehead atoms. The van der Waals surface area contributed by atoms with Gasteiger partial charge >= 0.3 is 0 Å². The second-order valence-electron chi connectivity index (χ2n) is 1.05. The monoisotopic (exact) mass is 86.1 g/mol. The van der Waals surface area contributed by atoms with Gasteiger partial charge in [-0.25, -0.2) is 0 Å². The van der Waals surface area contributed by atoms with E-state index in [-0.39, 0.29) is 12.8 Å². The Labute approximate surface area is 42.7 Å². The molecule has 0 aliphatic carbocycles. The third-order valence-corrected chi connectivity index (χ3v) is 0.496. The Kier molecular flexibility index (Phi) is 2.24. The first-order chi connectivity index (χ1) is 3.63. The van der Waals surface area contributed by atoms with Crippen LogP contribution in [0.4, 0.5) is 0 Å². The lowest BCUT2D eigenvalue weighted by Crippen LogP contribution is -1.51. The topological polar surface area (TPSA) is 0 Å². The van der Waals surface area contributed by atoms with Crippen LogP contribution < -0.4 is 0 Å². The molecule has 0 nitrogen and oxygen atoms in total. The van der Waals surface area contributed by atoms with E-state index in [0.717, 1.165) is 0 Å². The normalized spacial score (nSPS) is 25.7. The van der Waals surface area contributed by atoms with E-state index in [9.17, 15) is 0 Å². The largest absolute Gasteiger partial charge is 0.0888 e. The zero-order valence-corrected chi connectivity index (χ0v) is 4.31. The van der Waals surface area contributed by atoms with Gasteiger partial charge in [0.2, 0.25) is 0 Å². The van der Waals surface area contributed by atoms with Gasteiger partial charge in [-0.3, -0.25) is 0 Å². The van der Waals surface area contributed by atoms with Crippen molar-refractivity contribution in [2.24, 2.45) is 0 Å². The molecule has 0 amide bonds. The average molecular weight is 86.2 g/mol. The summed E-state index contributed by atoms with van der Waals surface area (Å²) in [4.78, 5) is 0. The van der Waals surface area contributed by atoms with E-state index in [1.807, 2.05) is 0 Å². The molecule has 6 heavy (non-hydrogen) atoms. The van der Waals surface area contributed by atoms with Crippen molar-refractivity contribution < 1.29 is 2.74 Å². The Hall–Kier alpha value is -0.260. The maximum absolute atomic E-state index is 7.00. The molecule has 36 valence electrons. The van der Waals surface area contributed by atoms with Gasteiger partial charge in [0.25, 0.3) is 0 Å². The van der Waals surface area contributed by atoms with Crippen molar-refractivity contribution in [2.75, 3.05) is 0 Å². The highest BCUT2D eigenvalue weighted by atomic mass is 13.7. The van der Waals surface area contributed by atoms with Crippen LogP contribution >= 0.6 is 0 Å². The van der Waals surface area contributed by atoms with Crippen LogP contribution in [0.25, 0.3) is 0 Å². The van der Waals surface area contributed by atoms with Crippen molar-refractivity contribution in [3.05, 3.63) is 12.2 Å². The molecule has 0 unspecified atom stereocenters. The summed E-state index contributed by atoms with van der Waals surface area (Å²) < 4.78 is 14.0. The van der Waals surface area contributed by atoms with Gasteiger partial charge in [0.15, 0.2) is 0 Å². The summed E-state index contributed by atoms with van der Waals surface area (Å²) in [6, 6.07) is 0. The van der Waals surface area contributed by atoms with Crippen LogP contribution in [-0.2, 0) is 0 Å². The molecule has 0 aromatic rings. The van der Waals surface area contributed by atoms with Crippen LogP contribution in [0.15, 0.2) is 12.2 Å². The van der Waals surface area contributed by atoms with Gasteiger partial charge in [-0.1, -0.05) is 26.0 Å². The van der Waals surface area contributed by atoms with Gasteiger partial charge in [0.05, 0.1) is 0 Å². The van der Waals surface area contributed by atoms with Crippen molar-refractivity contribution >= 4 is 0 Å². The number of allylic oxidation sites excluding steroid dienone is 2. The van der Waals surface area contributed by atoms with Crippen molar-refractivity contribution in [3.63, 3.8) is 0 Å². The van der Waals surface area contributed by atoms with Crippen LogP contribution in [0.5, 0.6) is 0 Å². The molecule has 0 aliphatic heterocycles. The molecule has 0 heteroatoms. The second kappa shape index (κ2) is 4.74. The summed E-state index contributed by atoms with van der Waals surface area (Å²) in [6.07, 6.45) is 3.11. The fourth-order valence-corrected chi connectivity index (χ4v) is 0.222. The minimum atomic E-state index is -0.164. The highest BCUT2D eigenvalue weighted by Gasteiger charge is 1.60. The van der Waals surface area contributed by atoms with Crippen molar-refractivity contribution in [1.82, 2.24) is 0 Å². The second-order valence-corrected chi connectivity index (χ2v) is 1.05. The lowest BCUT2D eigenvalue weighted by atomic mass is 10.4. The molecule has 0 aliphatic rings. The van der Waals surface area contributed by atoms with E-state index < -0.39 is 0 Å². The quantitative estimate of drug-likeness (QED) is 0.452. The SMILES string of the molecule is [2H][C@H](C)/C=C\[C@H]([2H])C. The highest BCUT2D eigenvalue weighted by molar-refractivity contribution is 4.77. The Morgan fingerprint density at radius 1 is 1.33 bits per heavy atom. The first-order valence-electron chi connectivity index (χ1n) is 3.31. The Balaban J connectivity index is 3.34. The van der Waals surface area contributed by atoms with E-state index in [1.165, 1.54) is 0 Å². The number of rotatable bonds is 2. The molecule has 0 aromatic carbocycles. The van der Waals surface area contributed by atoms with Crippen molar-refractivity contribution in [3.8, 4) is 0 Å². The maximum atomic E-state index is 7.00. The van der Waals surface area contributed by atoms with E-state index in [1.54, 1.807) is 26.0 Å². The predicted molar refractivity (Wildman–Crippen MR) is 29.7 cm³/mol. The molecule has 2 atom stereocenters. The fourth-order valence-electron chi connectivity index (χ4n) is 0.222. The van der Waals surface area contributed by atoms with Crippen molar-refractivity contribution in [2.45, 2.75) is 26.6 Å². The summed E-state index contributed by atoms with van der Waals surface area (Å²) in [5.41, 5.74) is 0. The number of hydrogen-bond donors (Lipinski definition) is 0. The van der Waals surface area contributed by atoms with Crippen LogP contribution in [0.2, 0.25) is 0 Å². The average Bonchev–Trinajstić information content (AvgIpc) is 1.61. The Bertz CT molecular complexity index is 64.6. The van der Waals surface area contributed by atoms with Gasteiger partial charge in [-0.05, 0) is 12.8 Å². The molecule has 0 heterocycles. The minimum Gasteiger partial charge on any atom is -0.0888 e. The summed E-state index contributed by atoms with van der Waals surface area (Å²) in [7, 11) is 0.